The van der Waals surface area contributed by atoms with E-state index < -0.39 is 13.7 Å². The summed E-state index contributed by atoms with van der Waals surface area (Å²) in [5, 5.41) is 0.623. The third-order valence-corrected chi connectivity index (χ3v) is 4.11. The zero-order chi connectivity index (χ0) is 13.2. The van der Waals surface area contributed by atoms with Gasteiger partial charge in [0.15, 0.2) is 5.78 Å². The molecule has 98 valence electrons. The van der Waals surface area contributed by atoms with E-state index in [0.29, 0.717) is 5.02 Å². The summed E-state index contributed by atoms with van der Waals surface area (Å²) >= 11 is 5.83. The molecule has 0 aromatic heterocycles. The standard InChI is InChI=1S/C12H14ClO4P/c13-10-4-2-9(3-5-10)12(6-1-7-12)11(14)8-17-18(15)16/h2-5,18H,1,6-8H2,(H,15,16). The predicted octanol–water partition coefficient (Wildman–Crippen LogP) is 2.73. The van der Waals surface area contributed by atoms with Gasteiger partial charge in [0, 0.05) is 5.02 Å². The Labute approximate surface area is 111 Å². The molecule has 0 bridgehead atoms. The van der Waals surface area contributed by atoms with Gasteiger partial charge in [0.1, 0.15) is 6.61 Å². The molecule has 1 aromatic rings. The highest BCUT2D eigenvalue weighted by atomic mass is 35.5. The maximum atomic E-state index is 12.1. The largest absolute Gasteiger partial charge is 0.326 e. The second-order valence-corrected chi connectivity index (χ2v) is 5.68. The summed E-state index contributed by atoms with van der Waals surface area (Å²) in [5.41, 5.74) is 0.353. The lowest BCUT2D eigenvalue weighted by Crippen LogP contribution is -2.44. The minimum atomic E-state index is -3.05. The Kier molecular flexibility index (Phi) is 4.23. The summed E-state index contributed by atoms with van der Waals surface area (Å²) in [4.78, 5) is 20.8. The SMILES string of the molecule is O=C(CO[PH](=O)O)C1(c2ccc(Cl)cc2)CCC1. The van der Waals surface area contributed by atoms with Crippen LogP contribution in [0.4, 0.5) is 0 Å². The predicted molar refractivity (Wildman–Crippen MR) is 69.2 cm³/mol. The van der Waals surface area contributed by atoms with E-state index in [0.717, 1.165) is 24.8 Å². The number of ketones is 1. The fourth-order valence-electron chi connectivity index (χ4n) is 2.29. The fourth-order valence-corrected chi connectivity index (χ4v) is 2.67. The van der Waals surface area contributed by atoms with Gasteiger partial charge in [0.2, 0.25) is 0 Å². The van der Waals surface area contributed by atoms with Gasteiger partial charge in [-0.3, -0.25) is 9.36 Å². The van der Waals surface area contributed by atoms with Gasteiger partial charge in [-0.25, -0.2) is 0 Å². The summed E-state index contributed by atoms with van der Waals surface area (Å²) in [6.45, 7) is -0.309. The van der Waals surface area contributed by atoms with Gasteiger partial charge in [-0.05, 0) is 30.5 Å². The van der Waals surface area contributed by atoms with Crippen molar-refractivity contribution in [1.82, 2.24) is 0 Å². The topological polar surface area (TPSA) is 63.6 Å². The lowest BCUT2D eigenvalue weighted by atomic mass is 9.62. The van der Waals surface area contributed by atoms with Gasteiger partial charge >= 0.3 is 8.25 Å². The van der Waals surface area contributed by atoms with E-state index in [2.05, 4.69) is 4.52 Å². The first-order valence-corrected chi connectivity index (χ1v) is 7.34. The molecule has 0 amide bonds. The van der Waals surface area contributed by atoms with E-state index in [1.54, 1.807) is 12.1 Å². The van der Waals surface area contributed by atoms with Crippen molar-refractivity contribution >= 4 is 25.6 Å². The Morgan fingerprint density at radius 1 is 1.39 bits per heavy atom. The van der Waals surface area contributed by atoms with E-state index in [-0.39, 0.29) is 12.4 Å². The number of Topliss-reactive ketones (excluding diaryl/α,β-unsaturated/α-hetero) is 1. The summed E-state index contributed by atoms with van der Waals surface area (Å²) in [7, 11) is -3.05. The first-order chi connectivity index (χ1) is 8.54. The summed E-state index contributed by atoms with van der Waals surface area (Å²) in [6.07, 6.45) is 2.48. The molecule has 1 saturated carbocycles. The summed E-state index contributed by atoms with van der Waals surface area (Å²) < 4.78 is 15.1. The molecule has 0 aliphatic heterocycles. The number of rotatable bonds is 5. The Bertz CT molecular complexity index is 467. The Hall–Kier alpha value is -0.670. The van der Waals surface area contributed by atoms with Crippen LogP contribution in [0, 0.1) is 0 Å². The Balaban J connectivity index is 2.17. The molecule has 0 heterocycles. The van der Waals surface area contributed by atoms with E-state index in [1.807, 2.05) is 12.1 Å². The molecule has 1 unspecified atom stereocenters. The van der Waals surface area contributed by atoms with Gasteiger partial charge in [-0.2, -0.15) is 0 Å². The van der Waals surface area contributed by atoms with Gasteiger partial charge in [-0.15, -0.1) is 0 Å². The Morgan fingerprint density at radius 2 is 2.00 bits per heavy atom. The van der Waals surface area contributed by atoms with Crippen LogP contribution in [0.1, 0.15) is 24.8 Å². The van der Waals surface area contributed by atoms with Crippen molar-refractivity contribution in [1.29, 1.82) is 0 Å². The third-order valence-electron chi connectivity index (χ3n) is 3.46. The monoisotopic (exact) mass is 288 g/mol. The summed E-state index contributed by atoms with van der Waals surface area (Å²) in [5.74, 6) is -0.136. The molecule has 1 fully saturated rings. The molecule has 0 radical (unpaired) electrons. The fraction of sp³-hybridized carbons (Fsp3) is 0.417. The van der Waals surface area contributed by atoms with Crippen molar-refractivity contribution in [2.75, 3.05) is 6.61 Å². The van der Waals surface area contributed by atoms with Crippen LogP contribution in [0.25, 0.3) is 0 Å². The van der Waals surface area contributed by atoms with E-state index in [9.17, 15) is 9.36 Å². The second-order valence-electron chi connectivity index (χ2n) is 4.42. The molecule has 4 nitrogen and oxygen atoms in total. The van der Waals surface area contributed by atoms with Crippen molar-refractivity contribution in [2.45, 2.75) is 24.7 Å². The first-order valence-electron chi connectivity index (χ1n) is 5.70. The van der Waals surface area contributed by atoms with Gasteiger partial charge < -0.3 is 9.42 Å². The highest BCUT2D eigenvalue weighted by Crippen LogP contribution is 2.45. The van der Waals surface area contributed by atoms with Gasteiger partial charge in [0.25, 0.3) is 0 Å². The normalized spacial score (nSPS) is 19.0. The average Bonchev–Trinajstić information content (AvgIpc) is 2.27. The van der Waals surface area contributed by atoms with Crippen LogP contribution in [-0.2, 0) is 19.3 Å². The molecule has 1 aliphatic rings. The van der Waals surface area contributed by atoms with E-state index in [4.69, 9.17) is 16.5 Å². The molecular weight excluding hydrogens is 275 g/mol. The average molecular weight is 289 g/mol. The van der Waals surface area contributed by atoms with Crippen molar-refractivity contribution < 1.29 is 18.8 Å². The molecule has 0 spiro atoms. The molecule has 18 heavy (non-hydrogen) atoms. The number of benzene rings is 1. The minimum Gasteiger partial charge on any atom is -0.326 e. The van der Waals surface area contributed by atoms with Crippen LogP contribution in [0.3, 0.4) is 0 Å². The van der Waals surface area contributed by atoms with Gasteiger partial charge in [-0.1, -0.05) is 30.2 Å². The second kappa shape index (κ2) is 5.54. The third kappa shape index (κ3) is 2.67. The van der Waals surface area contributed by atoms with Crippen molar-refractivity contribution in [3.8, 4) is 0 Å². The van der Waals surface area contributed by atoms with E-state index in [1.165, 1.54) is 0 Å². The first kappa shape index (κ1) is 13.8. The number of hydrogen-bond acceptors (Lipinski definition) is 3. The Morgan fingerprint density at radius 3 is 2.44 bits per heavy atom. The lowest BCUT2D eigenvalue weighted by molar-refractivity contribution is -0.129. The van der Waals surface area contributed by atoms with Crippen molar-refractivity contribution in [3.05, 3.63) is 34.9 Å². The number of halogens is 1. The zero-order valence-electron chi connectivity index (χ0n) is 9.69. The maximum absolute atomic E-state index is 12.1. The molecule has 0 saturated heterocycles. The quantitative estimate of drug-likeness (QED) is 0.846. The van der Waals surface area contributed by atoms with Crippen LogP contribution < -0.4 is 0 Å². The van der Waals surface area contributed by atoms with Crippen LogP contribution in [0.5, 0.6) is 0 Å². The molecular formula is C12H14ClO4P. The zero-order valence-corrected chi connectivity index (χ0v) is 11.4. The van der Waals surface area contributed by atoms with Crippen LogP contribution in [0.2, 0.25) is 5.02 Å². The summed E-state index contributed by atoms with van der Waals surface area (Å²) in [6, 6.07) is 7.17. The molecule has 2 rings (SSSR count). The van der Waals surface area contributed by atoms with Crippen LogP contribution in [-0.4, -0.2) is 17.3 Å². The van der Waals surface area contributed by atoms with E-state index >= 15 is 0 Å². The highest BCUT2D eigenvalue weighted by Gasteiger charge is 2.45. The molecule has 1 atom stereocenters. The van der Waals surface area contributed by atoms with Crippen molar-refractivity contribution in [2.24, 2.45) is 0 Å². The number of hydrogen-bond donors (Lipinski definition) is 1. The van der Waals surface area contributed by atoms with Crippen LogP contribution in [0.15, 0.2) is 24.3 Å². The smallest absolute Gasteiger partial charge is 0.317 e. The lowest BCUT2D eigenvalue weighted by Gasteiger charge is -2.40. The molecule has 1 N–H and O–H groups in total. The highest BCUT2D eigenvalue weighted by molar-refractivity contribution is 7.32. The molecule has 1 aliphatic carbocycles. The van der Waals surface area contributed by atoms with Crippen LogP contribution >= 0.6 is 19.9 Å². The number of carbonyl (C=O) groups excluding carboxylic acids is 1. The minimum absolute atomic E-state index is 0.136. The van der Waals surface area contributed by atoms with Gasteiger partial charge in [0.05, 0.1) is 5.41 Å². The molecule has 1 aromatic carbocycles. The maximum Gasteiger partial charge on any atom is 0.317 e. The number of carbonyl (C=O) groups is 1. The van der Waals surface area contributed by atoms with Crippen molar-refractivity contribution in [3.63, 3.8) is 0 Å². The molecule has 6 heteroatoms.